The maximum atomic E-state index is 12.3. The summed E-state index contributed by atoms with van der Waals surface area (Å²) in [6.45, 7) is 4.78. The number of hydrogen-bond donors (Lipinski definition) is 0. The average molecular weight is 382 g/mol. The van der Waals surface area contributed by atoms with Gasteiger partial charge in [-0.15, -0.1) is 0 Å². The van der Waals surface area contributed by atoms with E-state index < -0.39 is 5.97 Å². The van der Waals surface area contributed by atoms with Crippen molar-refractivity contribution in [3.8, 4) is 5.75 Å². The second-order valence-electron chi connectivity index (χ2n) is 5.71. The van der Waals surface area contributed by atoms with Crippen molar-refractivity contribution < 1.29 is 23.8 Å². The highest BCUT2D eigenvalue weighted by Crippen LogP contribution is 2.32. The molecule has 0 atom stereocenters. The van der Waals surface area contributed by atoms with Crippen LogP contribution in [0.25, 0.3) is 10.9 Å². The molecule has 0 radical (unpaired) electrons. The third-order valence-corrected chi connectivity index (χ3v) is 4.29. The number of carbonyl (C=O) groups is 2. The van der Waals surface area contributed by atoms with E-state index in [9.17, 15) is 9.59 Å². The van der Waals surface area contributed by atoms with E-state index in [1.165, 1.54) is 0 Å². The Balaban J connectivity index is 2.28. The second-order valence-corrected chi connectivity index (χ2v) is 6.11. The lowest BCUT2D eigenvalue weighted by Gasteiger charge is -2.11. The van der Waals surface area contributed by atoms with Gasteiger partial charge in [-0.25, -0.2) is 4.79 Å². The van der Waals surface area contributed by atoms with Crippen LogP contribution in [0.1, 0.15) is 43.6 Å². The topological polar surface area (TPSA) is 66.8 Å². The SMILES string of the molecule is CCOC(=O)CCCCn1c(C(=O)OCC)cc2c(Cl)cc(OC)cc21. The summed E-state index contributed by atoms with van der Waals surface area (Å²) in [5.41, 5.74) is 1.24. The van der Waals surface area contributed by atoms with Crippen LogP contribution >= 0.6 is 11.6 Å². The number of halogens is 1. The van der Waals surface area contributed by atoms with Crippen molar-refractivity contribution in [2.24, 2.45) is 0 Å². The fourth-order valence-corrected chi connectivity index (χ4v) is 3.05. The van der Waals surface area contributed by atoms with Crippen LogP contribution in [0.3, 0.4) is 0 Å². The zero-order chi connectivity index (χ0) is 19.1. The van der Waals surface area contributed by atoms with Crippen LogP contribution in [-0.2, 0) is 20.8 Å². The number of benzene rings is 1. The molecule has 0 fully saturated rings. The number of methoxy groups -OCH3 is 1. The lowest BCUT2D eigenvalue weighted by Crippen LogP contribution is -2.12. The van der Waals surface area contributed by atoms with Crippen molar-refractivity contribution in [2.75, 3.05) is 20.3 Å². The van der Waals surface area contributed by atoms with Crippen molar-refractivity contribution in [1.82, 2.24) is 4.57 Å². The van der Waals surface area contributed by atoms with Gasteiger partial charge in [0, 0.05) is 24.4 Å². The molecule has 2 aromatic rings. The highest BCUT2D eigenvalue weighted by atomic mass is 35.5. The van der Waals surface area contributed by atoms with Gasteiger partial charge in [0.25, 0.3) is 0 Å². The van der Waals surface area contributed by atoms with Crippen LogP contribution in [0, 0.1) is 0 Å². The van der Waals surface area contributed by atoms with E-state index in [0.717, 1.165) is 10.9 Å². The van der Waals surface area contributed by atoms with E-state index in [-0.39, 0.29) is 5.97 Å². The first-order valence-corrected chi connectivity index (χ1v) is 9.09. The Kier molecular flexibility index (Phi) is 7.33. The molecule has 26 heavy (non-hydrogen) atoms. The Morgan fingerprint density at radius 2 is 1.81 bits per heavy atom. The van der Waals surface area contributed by atoms with Gasteiger partial charge in [0.05, 0.1) is 30.9 Å². The summed E-state index contributed by atoms with van der Waals surface area (Å²) in [7, 11) is 1.57. The molecule has 0 aliphatic rings. The summed E-state index contributed by atoms with van der Waals surface area (Å²) < 4.78 is 17.3. The predicted octanol–water partition coefficient (Wildman–Crippen LogP) is 4.21. The van der Waals surface area contributed by atoms with Gasteiger partial charge in [-0.05, 0) is 38.8 Å². The van der Waals surface area contributed by atoms with Crippen molar-refractivity contribution in [3.63, 3.8) is 0 Å². The zero-order valence-corrected chi connectivity index (χ0v) is 16.1. The monoisotopic (exact) mass is 381 g/mol. The Labute approximate surface area is 158 Å². The van der Waals surface area contributed by atoms with Gasteiger partial charge >= 0.3 is 11.9 Å². The second kappa shape index (κ2) is 9.48. The van der Waals surface area contributed by atoms with Gasteiger partial charge in [-0.2, -0.15) is 0 Å². The molecule has 0 saturated carbocycles. The van der Waals surface area contributed by atoms with E-state index in [4.69, 9.17) is 25.8 Å². The number of unbranched alkanes of at least 4 members (excludes halogenated alkanes) is 1. The minimum atomic E-state index is -0.399. The lowest BCUT2D eigenvalue weighted by atomic mass is 10.2. The maximum Gasteiger partial charge on any atom is 0.354 e. The van der Waals surface area contributed by atoms with Gasteiger partial charge in [0.2, 0.25) is 0 Å². The van der Waals surface area contributed by atoms with Crippen LogP contribution in [0.15, 0.2) is 18.2 Å². The summed E-state index contributed by atoms with van der Waals surface area (Å²) in [5.74, 6) is 0.00750. The first-order chi connectivity index (χ1) is 12.5. The molecule has 0 bridgehead atoms. The molecule has 0 unspecified atom stereocenters. The molecule has 1 aromatic carbocycles. The molecular formula is C19H24ClNO5. The smallest absolute Gasteiger partial charge is 0.354 e. The molecule has 0 N–H and O–H groups in total. The number of rotatable bonds is 9. The average Bonchev–Trinajstić information content (AvgIpc) is 2.98. The Hall–Kier alpha value is -2.21. The number of aromatic nitrogens is 1. The summed E-state index contributed by atoms with van der Waals surface area (Å²) >= 11 is 6.34. The number of esters is 2. The summed E-state index contributed by atoms with van der Waals surface area (Å²) in [5, 5.41) is 1.27. The van der Waals surface area contributed by atoms with Gasteiger partial charge in [-0.3, -0.25) is 4.79 Å². The van der Waals surface area contributed by atoms with Gasteiger partial charge in [-0.1, -0.05) is 11.6 Å². The third kappa shape index (κ3) is 4.69. The largest absolute Gasteiger partial charge is 0.497 e. The lowest BCUT2D eigenvalue weighted by molar-refractivity contribution is -0.143. The highest BCUT2D eigenvalue weighted by molar-refractivity contribution is 6.35. The molecule has 1 heterocycles. The summed E-state index contributed by atoms with van der Waals surface area (Å²) in [6.07, 6.45) is 1.73. The Morgan fingerprint density at radius 3 is 2.46 bits per heavy atom. The quantitative estimate of drug-likeness (QED) is 0.480. The molecule has 0 saturated heterocycles. The molecule has 0 amide bonds. The van der Waals surface area contributed by atoms with E-state index in [1.54, 1.807) is 33.1 Å². The molecule has 1 aromatic heterocycles. The molecule has 0 aliphatic heterocycles. The van der Waals surface area contributed by atoms with Crippen LogP contribution in [0.2, 0.25) is 5.02 Å². The van der Waals surface area contributed by atoms with Crippen LogP contribution in [0.5, 0.6) is 5.75 Å². The van der Waals surface area contributed by atoms with Crippen LogP contribution < -0.4 is 4.74 Å². The Bertz CT molecular complexity index is 784. The van der Waals surface area contributed by atoms with Crippen molar-refractivity contribution in [1.29, 1.82) is 0 Å². The minimum Gasteiger partial charge on any atom is -0.497 e. The van der Waals surface area contributed by atoms with Crippen LogP contribution in [0.4, 0.5) is 0 Å². The zero-order valence-electron chi connectivity index (χ0n) is 15.3. The summed E-state index contributed by atoms with van der Waals surface area (Å²) in [4.78, 5) is 23.8. The van der Waals surface area contributed by atoms with Crippen molar-refractivity contribution in [3.05, 3.63) is 28.9 Å². The first-order valence-electron chi connectivity index (χ1n) is 8.71. The Morgan fingerprint density at radius 1 is 1.08 bits per heavy atom. The number of hydrogen-bond acceptors (Lipinski definition) is 5. The molecular weight excluding hydrogens is 358 g/mol. The minimum absolute atomic E-state index is 0.208. The predicted molar refractivity (Wildman–Crippen MR) is 99.9 cm³/mol. The number of aryl methyl sites for hydroxylation is 1. The standard InChI is InChI=1S/C19H24ClNO5/c1-4-25-18(22)8-6-7-9-21-16-11-13(24-3)10-15(20)14(16)12-17(21)19(23)26-5-2/h10-12H,4-9H2,1-3H3. The number of nitrogens with zero attached hydrogens (tertiary/aromatic N) is 1. The van der Waals surface area contributed by atoms with Crippen molar-refractivity contribution >= 4 is 34.4 Å². The third-order valence-electron chi connectivity index (χ3n) is 3.98. The van der Waals surface area contributed by atoms with E-state index in [1.807, 2.05) is 10.6 Å². The first kappa shape index (κ1) is 20.1. The number of fused-ring (bicyclic) bond motifs is 1. The maximum absolute atomic E-state index is 12.3. The molecule has 6 nitrogen and oxygen atoms in total. The number of ether oxygens (including phenoxy) is 3. The van der Waals surface area contributed by atoms with Gasteiger partial charge in [0.1, 0.15) is 11.4 Å². The van der Waals surface area contributed by atoms with Crippen LogP contribution in [-0.4, -0.2) is 36.8 Å². The fourth-order valence-electron chi connectivity index (χ4n) is 2.80. The van der Waals surface area contributed by atoms with Crippen molar-refractivity contribution in [2.45, 2.75) is 39.7 Å². The van der Waals surface area contributed by atoms with E-state index >= 15 is 0 Å². The van der Waals surface area contributed by atoms with E-state index in [0.29, 0.717) is 55.5 Å². The molecule has 2 rings (SSSR count). The highest BCUT2D eigenvalue weighted by Gasteiger charge is 2.19. The van der Waals surface area contributed by atoms with Gasteiger partial charge < -0.3 is 18.8 Å². The molecule has 7 heteroatoms. The van der Waals surface area contributed by atoms with E-state index in [2.05, 4.69) is 0 Å². The normalized spacial score (nSPS) is 10.8. The number of carbonyl (C=O) groups excluding carboxylic acids is 2. The fraction of sp³-hybridized carbons (Fsp3) is 0.474. The molecule has 0 aliphatic carbocycles. The molecule has 142 valence electrons. The summed E-state index contributed by atoms with van der Waals surface area (Å²) in [6, 6.07) is 5.29. The van der Waals surface area contributed by atoms with Gasteiger partial charge in [0.15, 0.2) is 0 Å². The molecule has 0 spiro atoms.